The highest BCUT2D eigenvalue weighted by Gasteiger charge is 2.25. The first-order chi connectivity index (χ1) is 16.3. The minimum absolute atomic E-state index is 0.00678. The lowest BCUT2D eigenvalue weighted by Gasteiger charge is -2.17. The number of hydrogen-bond donors (Lipinski definition) is 2. The molecule has 0 aliphatic carbocycles. The van der Waals surface area contributed by atoms with E-state index in [0.717, 1.165) is 11.1 Å². The van der Waals surface area contributed by atoms with Crippen LogP contribution in [0.2, 0.25) is 0 Å². The van der Waals surface area contributed by atoms with Gasteiger partial charge in [-0.2, -0.15) is 0 Å². The summed E-state index contributed by atoms with van der Waals surface area (Å²) in [5.74, 6) is 0.421. The maximum atomic E-state index is 13.4. The summed E-state index contributed by atoms with van der Waals surface area (Å²) in [5, 5.41) is 8.24. The van der Waals surface area contributed by atoms with Crippen LogP contribution in [-0.4, -0.2) is 31.0 Å². The summed E-state index contributed by atoms with van der Waals surface area (Å²) in [7, 11) is -2.29. The third-order valence-corrected chi connectivity index (χ3v) is 7.39. The number of methoxy groups -OCH3 is 1. The first-order valence-electron chi connectivity index (χ1n) is 10.5. The van der Waals surface area contributed by atoms with Crippen molar-refractivity contribution < 1.29 is 17.9 Å². The molecule has 4 aromatic rings. The number of anilines is 1. The Hall–Kier alpha value is -3.34. The molecular formula is C24H24N4O4S2. The van der Waals surface area contributed by atoms with E-state index in [1.165, 1.54) is 23.9 Å². The Bertz CT molecular complexity index is 1440. The fourth-order valence-electron chi connectivity index (χ4n) is 3.57. The maximum Gasteiger partial charge on any atom is 0.242 e. The molecule has 1 unspecified atom stereocenters. The van der Waals surface area contributed by atoms with E-state index in [1.807, 2.05) is 41.8 Å². The normalized spacial score (nSPS) is 12.4. The van der Waals surface area contributed by atoms with Gasteiger partial charge in [-0.25, -0.2) is 18.5 Å². The molecule has 0 spiro atoms. The highest BCUT2D eigenvalue weighted by Crippen LogP contribution is 2.37. The number of benzene rings is 3. The number of ether oxygens (including phenoxy) is 1. The summed E-state index contributed by atoms with van der Waals surface area (Å²) in [6.07, 6.45) is 0. The van der Waals surface area contributed by atoms with E-state index in [-0.39, 0.29) is 10.8 Å². The number of carbonyl (C=O) groups is 1. The zero-order valence-electron chi connectivity index (χ0n) is 18.6. The van der Waals surface area contributed by atoms with Crippen molar-refractivity contribution in [3.05, 3.63) is 78.4 Å². The first kappa shape index (κ1) is 23.8. The Labute approximate surface area is 202 Å². The van der Waals surface area contributed by atoms with Gasteiger partial charge in [0, 0.05) is 18.3 Å². The van der Waals surface area contributed by atoms with Crippen LogP contribution in [0.4, 0.5) is 5.69 Å². The summed E-state index contributed by atoms with van der Waals surface area (Å²) >= 11 is 1.30. The lowest BCUT2D eigenvalue weighted by Crippen LogP contribution is -2.19. The van der Waals surface area contributed by atoms with Gasteiger partial charge in [0.25, 0.3) is 0 Å². The number of rotatable bonds is 8. The number of aryl methyl sites for hydroxylation is 1. The number of aromatic nitrogens is 2. The molecule has 1 amide bonds. The number of thioether (sulfide) groups is 1. The molecule has 0 bridgehead atoms. The van der Waals surface area contributed by atoms with Gasteiger partial charge in [-0.3, -0.25) is 4.79 Å². The van der Waals surface area contributed by atoms with E-state index in [1.54, 1.807) is 37.4 Å². The van der Waals surface area contributed by atoms with Gasteiger partial charge in [0.15, 0.2) is 5.16 Å². The van der Waals surface area contributed by atoms with E-state index < -0.39 is 15.3 Å². The number of imidazole rings is 1. The summed E-state index contributed by atoms with van der Waals surface area (Å²) in [5.41, 5.74) is 2.69. The van der Waals surface area contributed by atoms with Crippen molar-refractivity contribution in [1.29, 1.82) is 0 Å². The highest BCUT2D eigenvalue weighted by atomic mass is 32.2. The number of hydrogen-bond acceptors (Lipinski definition) is 6. The number of nitrogens with one attached hydrogen (secondary N) is 1. The molecule has 0 saturated carbocycles. The van der Waals surface area contributed by atoms with Gasteiger partial charge < -0.3 is 14.6 Å². The SMILES string of the molecule is CCn1c(SC(C(=O)Nc2cccc(OC)c2)c2ccccc2)nc2cc(S(N)(=O)=O)ccc21. The van der Waals surface area contributed by atoms with Crippen LogP contribution in [-0.2, 0) is 21.4 Å². The Morgan fingerprint density at radius 3 is 2.56 bits per heavy atom. The zero-order chi connectivity index (χ0) is 24.3. The fraction of sp³-hybridized carbons (Fsp3) is 0.167. The number of nitrogens with two attached hydrogens (primary N) is 1. The smallest absolute Gasteiger partial charge is 0.242 e. The van der Waals surface area contributed by atoms with Crippen molar-refractivity contribution in [2.24, 2.45) is 5.14 Å². The summed E-state index contributed by atoms with van der Waals surface area (Å²) in [6, 6.07) is 21.2. The number of primary sulfonamides is 1. The average molecular weight is 497 g/mol. The minimum Gasteiger partial charge on any atom is -0.497 e. The largest absolute Gasteiger partial charge is 0.497 e. The second-order valence-electron chi connectivity index (χ2n) is 7.46. The minimum atomic E-state index is -3.85. The summed E-state index contributed by atoms with van der Waals surface area (Å²) < 4.78 is 30.8. The van der Waals surface area contributed by atoms with E-state index in [2.05, 4.69) is 10.3 Å². The molecule has 0 aliphatic rings. The molecule has 176 valence electrons. The Balaban J connectivity index is 1.72. The van der Waals surface area contributed by atoms with E-state index >= 15 is 0 Å². The molecule has 3 aromatic carbocycles. The monoisotopic (exact) mass is 496 g/mol. The number of amides is 1. The van der Waals surface area contributed by atoms with Crippen molar-refractivity contribution in [1.82, 2.24) is 9.55 Å². The van der Waals surface area contributed by atoms with Gasteiger partial charge in [-0.1, -0.05) is 48.2 Å². The topological polar surface area (TPSA) is 116 Å². The van der Waals surface area contributed by atoms with E-state index in [0.29, 0.717) is 28.7 Å². The van der Waals surface area contributed by atoms with Crippen LogP contribution in [0.5, 0.6) is 5.75 Å². The molecule has 0 aliphatic heterocycles. The van der Waals surface area contributed by atoms with Crippen molar-refractivity contribution in [2.45, 2.75) is 28.8 Å². The zero-order valence-corrected chi connectivity index (χ0v) is 20.3. The van der Waals surface area contributed by atoms with Gasteiger partial charge in [0.1, 0.15) is 11.0 Å². The number of carbonyl (C=O) groups excluding carboxylic acids is 1. The lowest BCUT2D eigenvalue weighted by molar-refractivity contribution is -0.115. The van der Waals surface area contributed by atoms with Gasteiger partial charge in [-0.05, 0) is 42.8 Å². The quantitative estimate of drug-likeness (QED) is 0.354. The van der Waals surface area contributed by atoms with Crippen LogP contribution in [0.15, 0.2) is 82.8 Å². The van der Waals surface area contributed by atoms with Crippen LogP contribution in [0.1, 0.15) is 17.7 Å². The molecule has 1 heterocycles. The molecule has 0 radical (unpaired) electrons. The second-order valence-corrected chi connectivity index (χ2v) is 10.1. The molecule has 0 saturated heterocycles. The number of nitrogens with zero attached hydrogens (tertiary/aromatic N) is 2. The highest BCUT2D eigenvalue weighted by molar-refractivity contribution is 8.00. The fourth-order valence-corrected chi connectivity index (χ4v) is 5.28. The molecule has 8 nitrogen and oxygen atoms in total. The Kier molecular flexibility index (Phi) is 6.92. The molecule has 34 heavy (non-hydrogen) atoms. The molecular weight excluding hydrogens is 472 g/mol. The van der Waals surface area contributed by atoms with Crippen molar-refractivity contribution in [3.63, 3.8) is 0 Å². The molecule has 4 rings (SSSR count). The molecule has 1 aromatic heterocycles. The van der Waals surface area contributed by atoms with Crippen LogP contribution in [0.25, 0.3) is 11.0 Å². The Morgan fingerprint density at radius 1 is 1.12 bits per heavy atom. The predicted octanol–water partition coefficient (Wildman–Crippen LogP) is 4.18. The summed E-state index contributed by atoms with van der Waals surface area (Å²) in [4.78, 5) is 18.1. The molecule has 10 heteroatoms. The van der Waals surface area contributed by atoms with Crippen molar-refractivity contribution in [3.8, 4) is 5.75 Å². The van der Waals surface area contributed by atoms with Crippen LogP contribution in [0.3, 0.4) is 0 Å². The van der Waals surface area contributed by atoms with Crippen molar-refractivity contribution in [2.75, 3.05) is 12.4 Å². The molecule has 0 fully saturated rings. The van der Waals surface area contributed by atoms with Crippen LogP contribution in [0, 0.1) is 0 Å². The average Bonchev–Trinajstić information content (AvgIpc) is 3.19. The molecule has 1 atom stereocenters. The number of fused-ring (bicyclic) bond motifs is 1. The third-order valence-electron chi connectivity index (χ3n) is 5.23. The Morgan fingerprint density at radius 2 is 1.88 bits per heavy atom. The standard InChI is InChI=1S/C24H24N4O4S2/c1-3-28-21-13-12-19(34(25,30)31)15-20(21)27-24(28)33-22(16-8-5-4-6-9-16)23(29)26-17-10-7-11-18(14-17)32-2/h4-15,22H,3H2,1-2H3,(H,26,29)(H2,25,30,31). The van der Waals surface area contributed by atoms with Gasteiger partial charge in [-0.15, -0.1) is 0 Å². The third kappa shape index (κ3) is 5.09. The number of sulfonamides is 1. The van der Waals surface area contributed by atoms with E-state index in [9.17, 15) is 13.2 Å². The van der Waals surface area contributed by atoms with E-state index in [4.69, 9.17) is 9.88 Å². The predicted molar refractivity (Wildman–Crippen MR) is 133 cm³/mol. The molecule has 3 N–H and O–H groups in total. The van der Waals surface area contributed by atoms with Gasteiger partial charge in [0.2, 0.25) is 15.9 Å². The van der Waals surface area contributed by atoms with Crippen molar-refractivity contribution >= 4 is 44.4 Å². The summed E-state index contributed by atoms with van der Waals surface area (Å²) in [6.45, 7) is 2.55. The lowest BCUT2D eigenvalue weighted by atomic mass is 10.1. The van der Waals surface area contributed by atoms with Crippen LogP contribution >= 0.6 is 11.8 Å². The van der Waals surface area contributed by atoms with Gasteiger partial charge >= 0.3 is 0 Å². The maximum absolute atomic E-state index is 13.4. The van der Waals surface area contributed by atoms with Crippen LogP contribution < -0.4 is 15.2 Å². The second kappa shape index (κ2) is 9.88. The first-order valence-corrected chi connectivity index (χ1v) is 12.9. The van der Waals surface area contributed by atoms with Gasteiger partial charge in [0.05, 0.1) is 23.0 Å².